The van der Waals surface area contributed by atoms with Crippen LogP contribution in [0.1, 0.15) is 42.6 Å². The summed E-state index contributed by atoms with van der Waals surface area (Å²) in [4.78, 5) is 36.1. The van der Waals surface area contributed by atoms with Crippen LogP contribution in [0.25, 0.3) is 10.9 Å². The number of alkyl halides is 3. The van der Waals surface area contributed by atoms with Crippen LogP contribution in [0.2, 0.25) is 0 Å². The lowest BCUT2D eigenvalue weighted by atomic mass is 10.1. The number of esters is 1. The van der Waals surface area contributed by atoms with Crippen LogP contribution in [0.4, 0.5) is 23.2 Å². The maximum absolute atomic E-state index is 14.8. The molecule has 8 nitrogen and oxygen atoms in total. The molecule has 1 saturated heterocycles. The van der Waals surface area contributed by atoms with E-state index < -0.39 is 29.4 Å². The molecule has 2 aliphatic rings. The molecule has 1 aromatic carbocycles. The summed E-state index contributed by atoms with van der Waals surface area (Å²) in [6.07, 6.45) is -0.831. The number of hydrogen-bond acceptors (Lipinski definition) is 6. The van der Waals surface area contributed by atoms with Crippen LogP contribution < -0.4 is 15.6 Å². The van der Waals surface area contributed by atoms with Crippen molar-refractivity contribution >= 4 is 28.5 Å². The summed E-state index contributed by atoms with van der Waals surface area (Å²) in [5.74, 6) is -3.82. The Morgan fingerprint density at radius 1 is 1.21 bits per heavy atom. The number of carboxylic acid groups (broad SMARTS) is 1. The van der Waals surface area contributed by atoms with Gasteiger partial charge >= 0.3 is 18.1 Å². The summed E-state index contributed by atoms with van der Waals surface area (Å²) in [5, 5.41) is 10.6. The van der Waals surface area contributed by atoms with E-state index in [9.17, 15) is 27.2 Å². The highest BCUT2D eigenvalue weighted by Gasteiger charge is 2.38. The zero-order chi connectivity index (χ0) is 25.0. The number of nitrogens with zero attached hydrogens (tertiary/aromatic N) is 2. The van der Waals surface area contributed by atoms with Gasteiger partial charge in [-0.1, -0.05) is 6.92 Å². The third-order valence-corrected chi connectivity index (χ3v) is 5.40. The van der Waals surface area contributed by atoms with Crippen molar-refractivity contribution in [1.82, 2.24) is 9.88 Å². The minimum atomic E-state index is -5.08. The Labute approximate surface area is 192 Å². The SMILES string of the molecule is CCCOC(=O)c1cn(C2CC2)c2cc(N3CCNCC3)c(F)cc2c1=O.O=C(O)C(F)(F)F. The molecular weight excluding hydrogens is 462 g/mol. The predicted molar refractivity (Wildman–Crippen MR) is 116 cm³/mol. The average Bonchev–Trinajstić information content (AvgIpc) is 3.63. The molecule has 0 amide bonds. The predicted octanol–water partition coefficient (Wildman–Crippen LogP) is 3.09. The monoisotopic (exact) mass is 487 g/mol. The van der Waals surface area contributed by atoms with E-state index in [-0.39, 0.29) is 23.6 Å². The van der Waals surface area contributed by atoms with Crippen molar-refractivity contribution in [2.75, 3.05) is 37.7 Å². The van der Waals surface area contributed by atoms with E-state index >= 15 is 0 Å². The largest absolute Gasteiger partial charge is 0.490 e. The lowest BCUT2D eigenvalue weighted by Crippen LogP contribution is -2.43. The van der Waals surface area contributed by atoms with Gasteiger partial charge in [-0.05, 0) is 31.4 Å². The van der Waals surface area contributed by atoms with Gasteiger partial charge in [-0.2, -0.15) is 13.2 Å². The number of aliphatic carboxylic acids is 1. The third kappa shape index (κ3) is 5.85. The van der Waals surface area contributed by atoms with E-state index in [0.717, 1.165) is 39.0 Å². The number of rotatable bonds is 5. The van der Waals surface area contributed by atoms with Crippen molar-refractivity contribution in [2.45, 2.75) is 38.4 Å². The first-order valence-electron chi connectivity index (χ1n) is 10.9. The van der Waals surface area contributed by atoms with Crippen LogP contribution in [0, 0.1) is 5.82 Å². The number of aromatic nitrogens is 1. The molecule has 0 bridgehead atoms. The van der Waals surface area contributed by atoms with Gasteiger partial charge in [-0.15, -0.1) is 0 Å². The fourth-order valence-electron chi connectivity index (χ4n) is 3.58. The van der Waals surface area contributed by atoms with Crippen LogP contribution in [0.5, 0.6) is 0 Å². The molecule has 0 unspecified atom stereocenters. The zero-order valence-electron chi connectivity index (χ0n) is 18.5. The van der Waals surface area contributed by atoms with Crippen molar-refractivity contribution in [1.29, 1.82) is 0 Å². The van der Waals surface area contributed by atoms with Crippen LogP contribution in [-0.4, -0.2) is 60.6 Å². The second-order valence-electron chi connectivity index (χ2n) is 8.01. The Morgan fingerprint density at radius 2 is 1.82 bits per heavy atom. The summed E-state index contributed by atoms with van der Waals surface area (Å²) in [5.41, 5.74) is 0.717. The Balaban J connectivity index is 0.000000406. The van der Waals surface area contributed by atoms with Crippen molar-refractivity contribution in [3.63, 3.8) is 0 Å². The maximum Gasteiger partial charge on any atom is 0.490 e. The minimum Gasteiger partial charge on any atom is -0.475 e. The number of benzene rings is 1. The van der Waals surface area contributed by atoms with Gasteiger partial charge in [-0.3, -0.25) is 4.79 Å². The van der Waals surface area contributed by atoms with Gasteiger partial charge in [-0.25, -0.2) is 14.0 Å². The number of carbonyl (C=O) groups is 2. The Kier molecular flexibility index (Phi) is 7.80. The van der Waals surface area contributed by atoms with Gasteiger partial charge < -0.3 is 24.6 Å². The highest BCUT2D eigenvalue weighted by Crippen LogP contribution is 2.38. The maximum atomic E-state index is 14.8. The molecule has 186 valence electrons. The number of fused-ring (bicyclic) bond motifs is 1. The number of ether oxygens (including phenoxy) is 1. The first-order chi connectivity index (χ1) is 16.0. The normalized spacial score (nSPS) is 16.1. The molecular formula is C22H25F4N3O5. The van der Waals surface area contributed by atoms with Crippen LogP contribution in [0.15, 0.2) is 23.1 Å². The van der Waals surface area contributed by atoms with E-state index in [1.165, 1.54) is 6.07 Å². The molecule has 0 atom stereocenters. The number of anilines is 1. The number of carbonyl (C=O) groups excluding carboxylic acids is 1. The summed E-state index contributed by atoms with van der Waals surface area (Å²) in [7, 11) is 0. The fraction of sp³-hybridized carbons (Fsp3) is 0.500. The molecule has 0 spiro atoms. The molecule has 1 aliphatic carbocycles. The second kappa shape index (κ2) is 10.4. The van der Waals surface area contributed by atoms with Crippen LogP contribution in [-0.2, 0) is 9.53 Å². The highest BCUT2D eigenvalue weighted by atomic mass is 19.4. The van der Waals surface area contributed by atoms with Crippen molar-refractivity contribution in [3.8, 4) is 0 Å². The topological polar surface area (TPSA) is 101 Å². The molecule has 2 N–H and O–H groups in total. The highest BCUT2D eigenvalue weighted by molar-refractivity contribution is 5.94. The van der Waals surface area contributed by atoms with Crippen molar-refractivity contribution in [2.24, 2.45) is 0 Å². The fourth-order valence-corrected chi connectivity index (χ4v) is 3.58. The molecule has 12 heteroatoms. The molecule has 1 saturated carbocycles. The molecule has 2 aromatic rings. The Morgan fingerprint density at radius 3 is 2.35 bits per heavy atom. The number of piperazine rings is 1. The van der Waals surface area contributed by atoms with Crippen molar-refractivity contribution < 1.29 is 37.0 Å². The first kappa shape index (κ1) is 25.5. The molecule has 2 fully saturated rings. The van der Waals surface area contributed by atoms with Gasteiger partial charge in [0.1, 0.15) is 11.4 Å². The lowest BCUT2D eigenvalue weighted by molar-refractivity contribution is -0.192. The third-order valence-electron chi connectivity index (χ3n) is 5.40. The quantitative estimate of drug-likeness (QED) is 0.494. The van der Waals surface area contributed by atoms with Crippen LogP contribution in [0.3, 0.4) is 0 Å². The van der Waals surface area contributed by atoms with E-state index in [0.29, 0.717) is 17.6 Å². The number of pyridine rings is 1. The summed E-state index contributed by atoms with van der Waals surface area (Å²) >= 11 is 0. The zero-order valence-corrected chi connectivity index (χ0v) is 18.5. The van der Waals surface area contributed by atoms with E-state index in [1.807, 2.05) is 16.4 Å². The summed E-state index contributed by atoms with van der Waals surface area (Å²) < 4.78 is 53.7. The van der Waals surface area contributed by atoms with Gasteiger partial charge in [0.05, 0.1) is 17.8 Å². The number of hydrogen-bond donors (Lipinski definition) is 2. The Hall–Kier alpha value is -3.15. The minimum absolute atomic E-state index is 0.0165. The second-order valence-corrected chi connectivity index (χ2v) is 8.01. The lowest BCUT2D eigenvalue weighted by Gasteiger charge is -2.30. The number of halogens is 4. The van der Waals surface area contributed by atoms with Gasteiger partial charge in [0.15, 0.2) is 0 Å². The molecule has 2 heterocycles. The standard InChI is InChI=1S/C20H24FN3O3.C2HF3O2/c1-2-9-27-20(26)15-12-24(13-3-4-13)17-11-18(23-7-5-22-6-8-23)16(21)10-14(17)19(15)25;3-2(4,5)1(6)7/h10-13,22H,2-9H2,1H3;(H,6,7). The number of carboxylic acids is 1. The first-order valence-corrected chi connectivity index (χ1v) is 10.9. The molecule has 1 aromatic heterocycles. The number of nitrogens with one attached hydrogen (secondary N) is 1. The van der Waals surface area contributed by atoms with Gasteiger partial charge in [0, 0.05) is 43.8 Å². The molecule has 0 radical (unpaired) electrons. The van der Waals surface area contributed by atoms with Crippen LogP contribution >= 0.6 is 0 Å². The van der Waals surface area contributed by atoms with E-state index in [4.69, 9.17) is 14.6 Å². The van der Waals surface area contributed by atoms with Gasteiger partial charge in [0.2, 0.25) is 5.43 Å². The average molecular weight is 487 g/mol. The molecule has 4 rings (SSSR count). The Bertz CT molecular complexity index is 1120. The summed E-state index contributed by atoms with van der Waals surface area (Å²) in [6.45, 7) is 5.19. The van der Waals surface area contributed by atoms with E-state index in [2.05, 4.69) is 5.32 Å². The molecule has 34 heavy (non-hydrogen) atoms. The molecule has 1 aliphatic heterocycles. The smallest absolute Gasteiger partial charge is 0.475 e. The van der Waals surface area contributed by atoms with E-state index in [1.54, 1.807) is 12.3 Å². The van der Waals surface area contributed by atoms with Gasteiger partial charge in [0.25, 0.3) is 0 Å². The van der Waals surface area contributed by atoms with Crippen molar-refractivity contribution in [3.05, 3.63) is 39.9 Å². The summed E-state index contributed by atoms with van der Waals surface area (Å²) in [6, 6.07) is 3.29.